The molecule has 3 aromatic heterocycles. The van der Waals surface area contributed by atoms with E-state index in [0.29, 0.717) is 39.6 Å². The molecule has 0 spiro atoms. The Bertz CT molecular complexity index is 5660. The Labute approximate surface area is 568 Å². The summed E-state index contributed by atoms with van der Waals surface area (Å²) in [6.07, 6.45) is 5.47. The van der Waals surface area contributed by atoms with E-state index in [1.54, 1.807) is 27.3 Å². The van der Waals surface area contributed by atoms with Gasteiger partial charge in [0.05, 0.1) is 42.8 Å². The van der Waals surface area contributed by atoms with Gasteiger partial charge in [-0.3, -0.25) is 4.57 Å². The summed E-state index contributed by atoms with van der Waals surface area (Å²) in [5.74, 6) is 1.38. The molecular weight excluding hydrogens is 1280 g/mol. The van der Waals surface area contributed by atoms with Crippen LogP contribution in [0.2, 0.25) is 0 Å². The van der Waals surface area contributed by atoms with Crippen LogP contribution in [0.15, 0.2) is 242 Å². The van der Waals surface area contributed by atoms with Crippen LogP contribution in [-0.2, 0) is 42.7 Å². The first-order chi connectivity index (χ1) is 50.0. The SMILES string of the molecule is [2H]c1c([2H])c([2H])c([Si](c2c([2H])c([2H])c([2H])c([2H])c2[2H])(c2c([2H])c([2H])c([2H])c([2H])c2[2H])c2c([2H])c([2H])c([2H])c(-c3cccc(C(C)(C)C)c3-[n+]3[c-]n(-c4[c-]c(Oc5[c-]c6c(cc5)c5ccccc5n6-c5cc(C(C)(C)C)ccn5)ccc4)c4cc(-c5cc(C(C)(C)C)cc(C(C)(C)C)c5)ccc43)c2[2H])c([2H])c1[2H].[Pt]. The molecule has 0 unspecified atom stereocenters. The van der Waals surface area contributed by atoms with Crippen molar-refractivity contribution in [2.75, 3.05) is 0 Å². The van der Waals surface area contributed by atoms with Crippen LogP contribution in [0.3, 0.4) is 0 Å². The van der Waals surface area contributed by atoms with Crippen LogP contribution < -0.4 is 30.1 Å². The molecule has 0 saturated heterocycles. The van der Waals surface area contributed by atoms with Gasteiger partial charge in [-0.1, -0.05) is 270 Å². The fourth-order valence-electron chi connectivity index (χ4n) is 11.5. The summed E-state index contributed by atoms with van der Waals surface area (Å²) in [7, 11) is -6.23. The normalized spacial score (nSPS) is 15.4. The first-order valence-corrected chi connectivity index (χ1v) is 31.3. The molecule has 0 aliphatic rings. The Morgan fingerprint density at radius 2 is 1.09 bits per heavy atom. The molecule has 3 heterocycles. The number of nitrogens with zero attached hydrogens (tertiary/aromatic N) is 4. The van der Waals surface area contributed by atoms with Crippen molar-refractivity contribution in [1.82, 2.24) is 14.1 Å². The minimum absolute atomic E-state index is 0. The molecule has 0 aliphatic carbocycles. The van der Waals surface area contributed by atoms with E-state index in [1.807, 2.05) is 99.8 Å². The molecule has 13 rings (SSSR count). The molecule has 0 fully saturated rings. The van der Waals surface area contributed by atoms with Crippen molar-refractivity contribution in [3.63, 3.8) is 0 Å². The average Bonchev–Trinajstić information content (AvgIpc) is 1.13. The van der Waals surface area contributed by atoms with Crippen molar-refractivity contribution in [1.29, 1.82) is 0 Å². The number of para-hydroxylation sites is 2. The predicted octanol–water partition coefficient (Wildman–Crippen LogP) is 17.5. The van der Waals surface area contributed by atoms with Gasteiger partial charge in [0.2, 0.25) is 0 Å². The van der Waals surface area contributed by atoms with Crippen LogP contribution in [-0.4, -0.2) is 22.2 Å². The fourth-order valence-corrected chi connectivity index (χ4v) is 15.1. The van der Waals surface area contributed by atoms with Gasteiger partial charge >= 0.3 is 0 Å². The molecule has 13 aromatic rings. The monoisotopic (exact) mass is 1370 g/mol. The molecule has 89 heavy (non-hydrogen) atoms. The van der Waals surface area contributed by atoms with Gasteiger partial charge in [-0.05, 0) is 122 Å². The van der Waals surface area contributed by atoms with E-state index in [0.717, 1.165) is 49.6 Å². The Hall–Kier alpha value is -8.67. The second kappa shape index (κ2) is 23.4. The Balaban J connectivity index is 0.0000109. The van der Waals surface area contributed by atoms with Gasteiger partial charge in [0, 0.05) is 44.3 Å². The molecule has 5 nitrogen and oxygen atoms in total. The molecule has 0 radical (unpaired) electrons. The number of benzene rings is 10. The first-order valence-electron chi connectivity index (χ1n) is 38.8. The van der Waals surface area contributed by atoms with Gasteiger partial charge < -0.3 is 13.9 Å². The number of aromatic nitrogens is 4. The largest absolute Gasteiger partial charge is 0.510 e. The smallest absolute Gasteiger partial charge is 0.268 e. The van der Waals surface area contributed by atoms with Gasteiger partial charge in [0.25, 0.3) is 6.33 Å². The summed E-state index contributed by atoms with van der Waals surface area (Å²) in [5, 5.41) is -1.78. The van der Waals surface area contributed by atoms with Crippen molar-refractivity contribution < 1.29 is 56.4 Å². The summed E-state index contributed by atoms with van der Waals surface area (Å²) < 4.78 is 194. The van der Waals surface area contributed by atoms with Gasteiger partial charge in [-0.15, -0.1) is 29.7 Å². The second-order valence-electron chi connectivity index (χ2n) is 26.3. The Kier molecular flexibility index (Phi) is 10.9. The summed E-state index contributed by atoms with van der Waals surface area (Å²) in [6.45, 7) is 25.3. The van der Waals surface area contributed by atoms with Crippen LogP contribution in [0.1, 0.15) is 131 Å². The zero-order valence-electron chi connectivity index (χ0n) is 70.6. The molecule has 0 bridgehead atoms. The predicted molar refractivity (Wildman–Crippen MR) is 369 cm³/mol. The van der Waals surface area contributed by atoms with Crippen molar-refractivity contribution in [3.05, 3.63) is 283 Å². The zero-order valence-corrected chi connectivity index (χ0v) is 54.9. The zero-order chi connectivity index (χ0) is 77.9. The van der Waals surface area contributed by atoms with Crippen molar-refractivity contribution in [2.45, 2.75) is 105 Å². The molecular formula is C82H76N4OPtSi-2. The van der Waals surface area contributed by atoms with Gasteiger partial charge in [-0.2, -0.15) is 18.2 Å². The van der Waals surface area contributed by atoms with Gasteiger partial charge in [0.1, 0.15) is 5.82 Å². The topological polar surface area (TPSA) is 35.9 Å². The molecule has 7 heteroatoms. The minimum Gasteiger partial charge on any atom is -0.510 e. The molecule has 0 N–H and O–H groups in total. The summed E-state index contributed by atoms with van der Waals surface area (Å²) in [4.78, 5) is 4.87. The summed E-state index contributed by atoms with van der Waals surface area (Å²) >= 11 is 0. The molecule has 0 amide bonds. The number of hydrogen-bond donors (Lipinski definition) is 0. The van der Waals surface area contributed by atoms with Crippen molar-refractivity contribution >= 4 is 61.7 Å². The van der Waals surface area contributed by atoms with Gasteiger partial charge in [-0.25, -0.2) is 4.98 Å². The number of hydrogen-bond acceptors (Lipinski definition) is 2. The number of rotatable bonds is 11. The van der Waals surface area contributed by atoms with Crippen LogP contribution in [0.25, 0.3) is 72.3 Å². The van der Waals surface area contributed by atoms with E-state index >= 15 is 0 Å². The van der Waals surface area contributed by atoms with E-state index < -0.39 is 155 Å². The maximum atomic E-state index is 10.9. The van der Waals surface area contributed by atoms with E-state index in [9.17, 15) is 21.9 Å². The second-order valence-corrected chi connectivity index (χ2v) is 29.8. The van der Waals surface area contributed by atoms with E-state index in [-0.39, 0.29) is 48.6 Å². The third-order valence-electron chi connectivity index (χ3n) is 16.2. The van der Waals surface area contributed by atoms with Crippen LogP contribution >= 0.6 is 0 Å². The maximum absolute atomic E-state index is 10.9. The average molecular weight is 1380 g/mol. The van der Waals surface area contributed by atoms with Crippen LogP contribution in [0, 0.1) is 18.5 Å². The molecule has 10 aromatic carbocycles. The summed E-state index contributed by atoms with van der Waals surface area (Å²) in [6, 6.07) is 26.6. The van der Waals surface area contributed by atoms with E-state index in [1.165, 1.54) is 0 Å². The standard InChI is InChI=1S/C82H76N4OSi.Pt/c1-79(2,3)59-45-46-83-77(52-59)86-73-40-23-22-37-70(73)71-43-42-64(54-75(71)86)87-63-29-25-28-62(53-63)84-55-85(74-44-41-56(50-76(74)84)58-47-60(80(4,5)6)51-61(48-58)81(7,8)9)78-69(38-26-39-72(78)82(10,11)12)57-27-24-36-68(49-57)88(65-30-16-13-17-31-65,66-32-18-14-19-33-66)67-34-20-15-21-35-67;/h13-52H,1-12H3;/q-2;/i13D,14D,15D,16D,17D,18D,19D,20D,21D,24D,27D,30D,31D,32D,33D,34D,35D,36D,49D;. The number of ether oxygens (including phenoxy) is 1. The molecule has 0 saturated carbocycles. The van der Waals surface area contributed by atoms with E-state index in [2.05, 4.69) is 116 Å². The van der Waals surface area contributed by atoms with Crippen LogP contribution in [0.4, 0.5) is 0 Å². The third-order valence-corrected chi connectivity index (χ3v) is 20.2. The quantitative estimate of drug-likeness (QED) is 0.0560. The van der Waals surface area contributed by atoms with E-state index in [4.69, 9.17) is 13.8 Å². The minimum atomic E-state index is -6.23. The first kappa shape index (κ1) is 41.5. The number of imidazole rings is 1. The maximum Gasteiger partial charge on any atom is 0.268 e. The molecule has 446 valence electrons. The van der Waals surface area contributed by atoms with Crippen molar-refractivity contribution in [3.8, 4) is 50.9 Å². The number of pyridine rings is 1. The van der Waals surface area contributed by atoms with Crippen molar-refractivity contribution in [2.24, 2.45) is 0 Å². The Morgan fingerprint density at radius 1 is 0.483 bits per heavy atom. The van der Waals surface area contributed by atoms with Gasteiger partial charge in [0.15, 0.2) is 8.07 Å². The Morgan fingerprint density at radius 3 is 1.72 bits per heavy atom. The fraction of sp³-hybridized carbons (Fsp3) is 0.195. The van der Waals surface area contributed by atoms with Crippen LogP contribution in [0.5, 0.6) is 11.5 Å². The molecule has 0 atom stereocenters. The summed E-state index contributed by atoms with van der Waals surface area (Å²) in [5.41, 5.74) is 6.98. The third kappa shape index (κ3) is 11.4. The molecule has 0 aliphatic heterocycles. The number of fused-ring (bicyclic) bond motifs is 4.